The molecule has 3 aromatic rings. The van der Waals surface area contributed by atoms with Gasteiger partial charge in [-0.2, -0.15) is 4.98 Å². The summed E-state index contributed by atoms with van der Waals surface area (Å²) >= 11 is 0. The zero-order valence-corrected chi connectivity index (χ0v) is 21.4. The van der Waals surface area contributed by atoms with Gasteiger partial charge in [-0.1, -0.05) is 0 Å². The molecule has 4 atom stereocenters. The van der Waals surface area contributed by atoms with Crippen LogP contribution < -0.4 is 10.6 Å². The number of aryl methyl sites for hydroxylation is 3. The summed E-state index contributed by atoms with van der Waals surface area (Å²) in [6, 6.07) is 3.57. The van der Waals surface area contributed by atoms with Crippen molar-refractivity contribution in [3.8, 4) is 11.3 Å². The van der Waals surface area contributed by atoms with Gasteiger partial charge in [0, 0.05) is 29.6 Å². The lowest BCUT2D eigenvalue weighted by atomic mass is 10.1. The van der Waals surface area contributed by atoms with Crippen LogP contribution in [-0.2, 0) is 4.79 Å². The molecule has 3 aromatic heterocycles. The molecule has 4 rings (SSSR count). The van der Waals surface area contributed by atoms with Crippen LogP contribution in [0.5, 0.6) is 0 Å². The summed E-state index contributed by atoms with van der Waals surface area (Å²) in [5.41, 5.74) is 3.80. The Bertz CT molecular complexity index is 1160. The Kier molecular flexibility index (Phi) is 9.56. The van der Waals surface area contributed by atoms with E-state index in [9.17, 15) is 15.3 Å². The highest BCUT2D eigenvalue weighted by atomic mass is 35.5. The number of hydrogen-bond acceptors (Lipinski definition) is 10. The van der Waals surface area contributed by atoms with Crippen LogP contribution in [0.1, 0.15) is 37.4 Å². The molecule has 1 saturated carbocycles. The van der Waals surface area contributed by atoms with E-state index in [1.165, 1.54) is 0 Å². The summed E-state index contributed by atoms with van der Waals surface area (Å²) in [5.74, 6) is 1.15. The summed E-state index contributed by atoms with van der Waals surface area (Å²) in [7, 11) is 0. The second kappa shape index (κ2) is 11.8. The molecule has 0 saturated heterocycles. The lowest BCUT2D eigenvalue weighted by molar-refractivity contribution is -0.0980. The second-order valence-corrected chi connectivity index (χ2v) is 8.94. The Morgan fingerprint density at radius 1 is 1.09 bits per heavy atom. The Morgan fingerprint density at radius 2 is 1.77 bits per heavy atom. The molecule has 1 aliphatic carbocycles. The molecule has 192 valence electrons. The molecule has 35 heavy (non-hydrogen) atoms. The molecule has 0 aromatic carbocycles. The summed E-state index contributed by atoms with van der Waals surface area (Å²) in [6.07, 6.45) is -1.61. The van der Waals surface area contributed by atoms with Crippen molar-refractivity contribution in [3.63, 3.8) is 0 Å². The number of aliphatic hydroxyl groups is 3. The summed E-state index contributed by atoms with van der Waals surface area (Å²) in [4.78, 5) is 21.8. The number of rotatable bonds is 6. The first-order valence-corrected chi connectivity index (χ1v) is 11.2. The summed E-state index contributed by atoms with van der Waals surface area (Å²) in [5, 5.41) is 37.8. The van der Waals surface area contributed by atoms with E-state index in [1.54, 1.807) is 0 Å². The van der Waals surface area contributed by atoms with E-state index in [0.717, 1.165) is 16.8 Å². The van der Waals surface area contributed by atoms with Crippen LogP contribution in [0.2, 0.25) is 0 Å². The average molecular weight is 508 g/mol. The number of hydrogen-bond donors (Lipinski definition) is 5. The highest BCUT2D eigenvalue weighted by molar-refractivity contribution is 5.87. The van der Waals surface area contributed by atoms with E-state index in [-0.39, 0.29) is 25.1 Å². The van der Waals surface area contributed by atoms with Crippen LogP contribution >= 0.6 is 12.4 Å². The first-order valence-electron chi connectivity index (χ1n) is 11.2. The molecule has 10 nitrogen and oxygen atoms in total. The fourth-order valence-electron chi connectivity index (χ4n) is 4.41. The van der Waals surface area contributed by atoms with Gasteiger partial charge in [-0.25, -0.2) is 4.98 Å². The fraction of sp³-hybridized carbons (Fsp3) is 0.500. The van der Waals surface area contributed by atoms with Crippen LogP contribution in [0.25, 0.3) is 22.3 Å². The third-order valence-corrected chi connectivity index (χ3v) is 5.91. The van der Waals surface area contributed by atoms with Crippen molar-refractivity contribution < 1.29 is 24.5 Å². The number of nitrogens with zero attached hydrogens (tertiary/aromatic N) is 3. The van der Waals surface area contributed by atoms with Crippen LogP contribution in [0.15, 0.2) is 16.5 Å². The van der Waals surface area contributed by atoms with Crippen molar-refractivity contribution in [2.45, 2.75) is 65.3 Å². The minimum atomic E-state index is -1.03. The Morgan fingerprint density at radius 3 is 2.37 bits per heavy atom. The first kappa shape index (κ1) is 28.4. The molecule has 0 unspecified atom stereocenters. The summed E-state index contributed by atoms with van der Waals surface area (Å²) in [6.45, 7) is 11.5. The van der Waals surface area contributed by atoms with Crippen LogP contribution in [0.3, 0.4) is 0 Å². The third-order valence-electron chi connectivity index (χ3n) is 5.91. The van der Waals surface area contributed by atoms with Gasteiger partial charge in [-0.05, 0) is 53.2 Å². The molecule has 0 amide bonds. The number of carbonyl (C=O) groups excluding carboxylic acids is 1. The molecule has 1 aliphatic rings. The van der Waals surface area contributed by atoms with E-state index in [1.807, 2.05) is 53.5 Å². The van der Waals surface area contributed by atoms with Gasteiger partial charge < -0.3 is 35.2 Å². The Hall–Kier alpha value is -2.79. The Labute approximate surface area is 210 Å². The van der Waals surface area contributed by atoms with Gasteiger partial charge in [0.1, 0.15) is 24.5 Å². The molecule has 0 radical (unpaired) electrons. The predicted octanol–water partition coefficient (Wildman–Crippen LogP) is 2.78. The van der Waals surface area contributed by atoms with E-state index in [4.69, 9.17) is 9.21 Å². The van der Waals surface area contributed by atoms with Gasteiger partial charge in [0.25, 0.3) is 0 Å². The maximum Gasteiger partial charge on any atom is 0.225 e. The number of carbonyl (C=O) groups is 1. The van der Waals surface area contributed by atoms with Gasteiger partial charge in [0.15, 0.2) is 5.58 Å². The van der Waals surface area contributed by atoms with Gasteiger partial charge in [0.2, 0.25) is 5.95 Å². The van der Waals surface area contributed by atoms with E-state index >= 15 is 0 Å². The van der Waals surface area contributed by atoms with Crippen molar-refractivity contribution in [1.82, 2.24) is 15.0 Å². The zero-order valence-electron chi connectivity index (χ0n) is 20.6. The largest absolute Gasteiger partial charge is 0.454 e. The zero-order chi connectivity index (χ0) is 25.2. The van der Waals surface area contributed by atoms with Crippen molar-refractivity contribution in [1.29, 1.82) is 0 Å². The Balaban J connectivity index is 0.00000140. The van der Waals surface area contributed by atoms with Crippen molar-refractivity contribution in [2.75, 3.05) is 17.2 Å². The topological polar surface area (TPSA) is 154 Å². The maximum absolute atomic E-state index is 10.5. The lowest BCUT2D eigenvalue weighted by Crippen LogP contribution is -2.35. The van der Waals surface area contributed by atoms with E-state index < -0.39 is 24.2 Å². The molecule has 0 aliphatic heterocycles. The van der Waals surface area contributed by atoms with Gasteiger partial charge in [-0.3, -0.25) is 4.98 Å². The average Bonchev–Trinajstić information content (AvgIpc) is 3.30. The van der Waals surface area contributed by atoms with Crippen LogP contribution in [-0.4, -0.2) is 68.0 Å². The smallest absolute Gasteiger partial charge is 0.225 e. The van der Waals surface area contributed by atoms with E-state index in [2.05, 4.69) is 25.6 Å². The quantitative estimate of drug-likeness (QED) is 0.336. The van der Waals surface area contributed by atoms with Crippen molar-refractivity contribution in [2.24, 2.45) is 5.92 Å². The lowest BCUT2D eigenvalue weighted by Gasteiger charge is -2.21. The monoisotopic (exact) mass is 507 g/mol. The number of halogens is 1. The second-order valence-electron chi connectivity index (χ2n) is 8.94. The van der Waals surface area contributed by atoms with Gasteiger partial charge >= 0.3 is 0 Å². The molecular formula is C24H34ClN5O5. The predicted molar refractivity (Wildman–Crippen MR) is 137 cm³/mol. The van der Waals surface area contributed by atoms with Crippen molar-refractivity contribution >= 4 is 41.9 Å². The van der Waals surface area contributed by atoms with Crippen LogP contribution in [0, 0.1) is 26.7 Å². The normalized spacial score (nSPS) is 21.4. The van der Waals surface area contributed by atoms with Crippen molar-refractivity contribution in [3.05, 3.63) is 29.2 Å². The number of fused-ring (bicyclic) bond motifs is 1. The third kappa shape index (κ3) is 5.90. The number of aromatic nitrogens is 3. The molecule has 11 heteroatoms. The first-order chi connectivity index (χ1) is 16.2. The number of furan rings is 1. The molecule has 5 N–H and O–H groups in total. The SMILES string of the molecule is C=O.Cc1cc2cc(-c3c(C)nc(NC(C)C)nc3N[C@@H]3C[C@H](CO)[C@@H](O)[C@H]3O)oc2c(C)n1.Cl. The number of anilines is 2. The maximum atomic E-state index is 10.5. The fourth-order valence-corrected chi connectivity index (χ4v) is 4.41. The summed E-state index contributed by atoms with van der Waals surface area (Å²) < 4.78 is 6.18. The molecule has 3 heterocycles. The highest BCUT2D eigenvalue weighted by Gasteiger charge is 2.41. The minimum Gasteiger partial charge on any atom is -0.454 e. The molecule has 0 bridgehead atoms. The highest BCUT2D eigenvalue weighted by Crippen LogP contribution is 2.37. The molecule has 0 spiro atoms. The minimum absolute atomic E-state index is 0. The van der Waals surface area contributed by atoms with Gasteiger partial charge in [0.05, 0.1) is 29.1 Å². The number of nitrogens with one attached hydrogen (secondary N) is 2. The molecule has 1 fully saturated rings. The van der Waals surface area contributed by atoms with E-state index in [0.29, 0.717) is 40.8 Å². The molecular weight excluding hydrogens is 474 g/mol. The van der Waals surface area contributed by atoms with Gasteiger partial charge in [-0.15, -0.1) is 12.4 Å². The number of pyridine rings is 1. The van der Waals surface area contributed by atoms with Crippen LogP contribution in [0.4, 0.5) is 11.8 Å². The standard InChI is InChI=1S/C23H31N5O4.CH2O.ClH/c1-10(2)24-23-26-12(4)18(17-8-14-6-11(3)25-13(5)21(14)32-17)22(28-23)27-16-7-15(9-29)19(30)20(16)31;1-2;/h6,8,10,15-16,19-20,29-31H,7,9H2,1-5H3,(H2,24,26,27,28);1H2;1H/t15-,16-,19-,20+;;/m1../s1. The number of aliphatic hydroxyl groups excluding tert-OH is 3.